The van der Waals surface area contributed by atoms with E-state index in [2.05, 4.69) is 25.7 Å². The van der Waals surface area contributed by atoms with Crippen LogP contribution < -0.4 is 5.32 Å². The van der Waals surface area contributed by atoms with Gasteiger partial charge in [-0.3, -0.25) is 18.9 Å². The monoisotopic (exact) mass is 407 g/mol. The maximum atomic E-state index is 12.5. The Morgan fingerprint density at radius 3 is 2.93 bits per heavy atom. The molecule has 0 aliphatic heterocycles. The average Bonchev–Trinajstić information content (AvgIpc) is 3.30. The summed E-state index contributed by atoms with van der Waals surface area (Å²) in [6.45, 7) is 4.35. The van der Waals surface area contributed by atoms with Crippen LogP contribution in [-0.4, -0.2) is 35.3 Å². The summed E-state index contributed by atoms with van der Waals surface area (Å²) in [7, 11) is 0. The molecule has 1 atom stereocenters. The van der Waals surface area contributed by atoms with Gasteiger partial charge in [0.15, 0.2) is 22.1 Å². The normalized spacial score (nSPS) is 12.2. The molecule has 1 aromatic carbocycles. The number of aromatic nitrogens is 6. The summed E-state index contributed by atoms with van der Waals surface area (Å²) in [6, 6.07) is 13.4. The van der Waals surface area contributed by atoms with Crippen LogP contribution in [0.5, 0.6) is 0 Å². The highest BCUT2D eigenvalue weighted by Gasteiger charge is 2.16. The van der Waals surface area contributed by atoms with Crippen LogP contribution in [-0.2, 0) is 11.3 Å². The Morgan fingerprint density at radius 2 is 2.10 bits per heavy atom. The lowest BCUT2D eigenvalue weighted by molar-refractivity contribution is -0.122. The molecule has 0 bridgehead atoms. The number of carbonyl (C=O) groups excluding carboxylic acids is 1. The number of aryl methyl sites for hydroxylation is 1. The van der Waals surface area contributed by atoms with Gasteiger partial charge >= 0.3 is 0 Å². The molecule has 0 radical (unpaired) electrons. The molecule has 3 heterocycles. The molecule has 9 heteroatoms. The smallest absolute Gasteiger partial charge is 0.222 e. The van der Waals surface area contributed by atoms with Crippen LogP contribution in [0.1, 0.15) is 30.8 Å². The van der Waals surface area contributed by atoms with Gasteiger partial charge in [-0.2, -0.15) is 5.10 Å². The minimum Gasteiger partial charge on any atom is -0.346 e. The third-order valence-electron chi connectivity index (χ3n) is 4.70. The molecular formula is C20H21N7OS. The topological polar surface area (TPSA) is 92.9 Å². The van der Waals surface area contributed by atoms with E-state index in [0.29, 0.717) is 17.1 Å². The number of carbonyl (C=O) groups is 1. The molecule has 29 heavy (non-hydrogen) atoms. The van der Waals surface area contributed by atoms with Crippen LogP contribution in [0.2, 0.25) is 0 Å². The lowest BCUT2D eigenvalue weighted by atomic mass is 10.1. The minimum atomic E-state index is -0.270. The summed E-state index contributed by atoms with van der Waals surface area (Å²) in [5.41, 5.74) is 2.84. The SMILES string of the molecule is Cc1cccc(-c2n[nH]c(=S)n2CCC(=O)NC(C)c2nnc3ccccn23)c1. The number of fused-ring (bicyclic) bond motifs is 1. The zero-order valence-corrected chi connectivity index (χ0v) is 17.0. The third-order valence-corrected chi connectivity index (χ3v) is 5.01. The zero-order chi connectivity index (χ0) is 20.4. The summed E-state index contributed by atoms with van der Waals surface area (Å²) in [4.78, 5) is 12.5. The second kappa shape index (κ2) is 7.96. The van der Waals surface area contributed by atoms with E-state index in [1.807, 2.05) is 71.5 Å². The Morgan fingerprint density at radius 1 is 1.24 bits per heavy atom. The Bertz CT molecular complexity index is 1220. The van der Waals surface area contributed by atoms with E-state index < -0.39 is 0 Å². The molecular weight excluding hydrogens is 386 g/mol. The standard InChI is InChI=1S/C20H21N7OS/c1-13-6-5-7-15(12-13)19-24-25-20(29)27(19)11-9-17(28)21-14(2)18-23-22-16-8-3-4-10-26(16)18/h3-8,10,12,14H,9,11H2,1-2H3,(H,21,28)(H,25,29). The van der Waals surface area contributed by atoms with Gasteiger partial charge in [-0.05, 0) is 44.3 Å². The lowest BCUT2D eigenvalue weighted by Crippen LogP contribution is -2.28. The van der Waals surface area contributed by atoms with Crippen molar-refractivity contribution in [3.8, 4) is 11.4 Å². The number of aromatic amines is 1. The number of nitrogens with one attached hydrogen (secondary N) is 2. The Kier molecular flexibility index (Phi) is 5.22. The molecule has 0 spiro atoms. The first-order valence-corrected chi connectivity index (χ1v) is 9.75. The molecule has 1 unspecified atom stereocenters. The highest BCUT2D eigenvalue weighted by atomic mass is 32.1. The summed E-state index contributed by atoms with van der Waals surface area (Å²) >= 11 is 5.35. The van der Waals surface area contributed by atoms with E-state index in [1.165, 1.54) is 0 Å². The quantitative estimate of drug-likeness (QED) is 0.479. The summed E-state index contributed by atoms with van der Waals surface area (Å²) in [5.74, 6) is 1.32. The van der Waals surface area contributed by atoms with E-state index in [1.54, 1.807) is 0 Å². The fourth-order valence-electron chi connectivity index (χ4n) is 3.28. The predicted octanol–water partition coefficient (Wildman–Crippen LogP) is 3.23. The number of nitrogens with zero attached hydrogens (tertiary/aromatic N) is 5. The van der Waals surface area contributed by atoms with E-state index >= 15 is 0 Å². The Labute approximate surface area is 172 Å². The summed E-state index contributed by atoms with van der Waals surface area (Å²) in [5, 5.41) is 18.5. The highest BCUT2D eigenvalue weighted by Crippen LogP contribution is 2.19. The van der Waals surface area contributed by atoms with Crippen LogP contribution >= 0.6 is 12.2 Å². The average molecular weight is 408 g/mol. The van der Waals surface area contributed by atoms with Gasteiger partial charge in [0.25, 0.3) is 0 Å². The number of pyridine rings is 1. The van der Waals surface area contributed by atoms with Crippen molar-refractivity contribution in [2.75, 3.05) is 0 Å². The van der Waals surface area contributed by atoms with Gasteiger partial charge in [0.05, 0.1) is 6.04 Å². The molecule has 0 aliphatic carbocycles. The first-order valence-electron chi connectivity index (χ1n) is 9.34. The first-order chi connectivity index (χ1) is 14.0. The minimum absolute atomic E-state index is 0.0940. The largest absolute Gasteiger partial charge is 0.346 e. The number of amides is 1. The maximum absolute atomic E-state index is 12.5. The van der Waals surface area contributed by atoms with Crippen LogP contribution in [0, 0.1) is 11.7 Å². The van der Waals surface area contributed by atoms with Crippen molar-refractivity contribution in [3.05, 3.63) is 64.8 Å². The number of benzene rings is 1. The number of hydrogen-bond acceptors (Lipinski definition) is 5. The van der Waals surface area contributed by atoms with Crippen molar-refractivity contribution in [3.63, 3.8) is 0 Å². The molecule has 0 saturated heterocycles. The summed E-state index contributed by atoms with van der Waals surface area (Å²) in [6.07, 6.45) is 2.15. The molecule has 0 saturated carbocycles. The van der Waals surface area contributed by atoms with E-state index in [9.17, 15) is 4.79 Å². The van der Waals surface area contributed by atoms with Gasteiger partial charge in [0, 0.05) is 24.7 Å². The number of rotatable bonds is 6. The molecule has 1 amide bonds. The van der Waals surface area contributed by atoms with Crippen molar-refractivity contribution in [2.45, 2.75) is 32.9 Å². The van der Waals surface area contributed by atoms with Crippen LogP contribution in [0.15, 0.2) is 48.7 Å². The lowest BCUT2D eigenvalue weighted by Gasteiger charge is -2.13. The number of H-pyrrole nitrogens is 1. The van der Waals surface area contributed by atoms with E-state index in [-0.39, 0.29) is 18.4 Å². The van der Waals surface area contributed by atoms with Crippen molar-refractivity contribution < 1.29 is 4.79 Å². The van der Waals surface area contributed by atoms with Crippen LogP contribution in [0.3, 0.4) is 0 Å². The second-order valence-electron chi connectivity index (χ2n) is 6.90. The predicted molar refractivity (Wildman–Crippen MR) is 112 cm³/mol. The van der Waals surface area contributed by atoms with E-state index in [0.717, 1.165) is 22.6 Å². The first kappa shape index (κ1) is 19.0. The van der Waals surface area contributed by atoms with Gasteiger partial charge in [-0.15, -0.1) is 10.2 Å². The molecule has 0 fully saturated rings. The van der Waals surface area contributed by atoms with Crippen molar-refractivity contribution in [1.82, 2.24) is 34.7 Å². The number of hydrogen-bond donors (Lipinski definition) is 2. The van der Waals surface area contributed by atoms with Crippen LogP contribution in [0.25, 0.3) is 17.0 Å². The van der Waals surface area contributed by atoms with Gasteiger partial charge in [-0.1, -0.05) is 29.8 Å². The fourth-order valence-corrected chi connectivity index (χ4v) is 3.50. The van der Waals surface area contributed by atoms with Crippen molar-refractivity contribution in [2.24, 2.45) is 0 Å². The third kappa shape index (κ3) is 3.95. The molecule has 8 nitrogen and oxygen atoms in total. The van der Waals surface area contributed by atoms with Crippen molar-refractivity contribution in [1.29, 1.82) is 0 Å². The highest BCUT2D eigenvalue weighted by molar-refractivity contribution is 7.71. The van der Waals surface area contributed by atoms with Crippen molar-refractivity contribution >= 4 is 23.8 Å². The molecule has 4 rings (SSSR count). The molecule has 3 aromatic heterocycles. The van der Waals surface area contributed by atoms with Gasteiger partial charge in [0.2, 0.25) is 5.91 Å². The molecule has 4 aromatic rings. The second-order valence-corrected chi connectivity index (χ2v) is 7.29. The summed E-state index contributed by atoms with van der Waals surface area (Å²) < 4.78 is 4.21. The zero-order valence-electron chi connectivity index (χ0n) is 16.2. The molecule has 2 N–H and O–H groups in total. The van der Waals surface area contributed by atoms with Crippen LogP contribution in [0.4, 0.5) is 0 Å². The Balaban J connectivity index is 1.45. The fraction of sp³-hybridized carbons (Fsp3) is 0.250. The molecule has 0 aliphatic rings. The Hall–Kier alpha value is -3.33. The maximum Gasteiger partial charge on any atom is 0.222 e. The van der Waals surface area contributed by atoms with E-state index in [4.69, 9.17) is 12.2 Å². The van der Waals surface area contributed by atoms with Gasteiger partial charge < -0.3 is 5.32 Å². The van der Waals surface area contributed by atoms with Gasteiger partial charge in [-0.25, -0.2) is 0 Å². The van der Waals surface area contributed by atoms with Gasteiger partial charge in [0.1, 0.15) is 0 Å². The molecule has 148 valence electrons.